The van der Waals surface area contributed by atoms with Gasteiger partial charge in [0.25, 0.3) is 5.91 Å². The monoisotopic (exact) mass is 615 g/mol. The molecule has 0 fully saturated rings. The predicted octanol–water partition coefficient (Wildman–Crippen LogP) is 8.08. The minimum atomic E-state index is -1.19. The number of benzene rings is 2. The summed E-state index contributed by atoms with van der Waals surface area (Å²) >= 11 is 6.46. The number of hydrogen-bond donors (Lipinski definition) is 3. The van der Waals surface area contributed by atoms with Crippen LogP contribution in [0.5, 0.6) is 5.75 Å². The van der Waals surface area contributed by atoms with E-state index >= 15 is 0 Å². The summed E-state index contributed by atoms with van der Waals surface area (Å²) in [6.45, 7) is 14.9. The van der Waals surface area contributed by atoms with Gasteiger partial charge >= 0.3 is 6.09 Å². The van der Waals surface area contributed by atoms with Gasteiger partial charge in [-0.05, 0) is 64.2 Å². The lowest BCUT2D eigenvalue weighted by molar-refractivity contribution is -0.141. The van der Waals surface area contributed by atoms with Crippen LogP contribution in [-0.2, 0) is 14.3 Å². The molecule has 0 heterocycles. The van der Waals surface area contributed by atoms with Gasteiger partial charge in [-0.1, -0.05) is 94.8 Å². The molecule has 0 saturated carbocycles. The zero-order chi connectivity index (χ0) is 32.3. The van der Waals surface area contributed by atoms with Gasteiger partial charge in [-0.25, -0.2) is 4.79 Å². The normalized spacial score (nSPS) is 12.9. The zero-order valence-corrected chi connectivity index (χ0v) is 27.8. The number of anilines is 1. The number of hydrogen-bond acceptors (Lipinski definition) is 5. The van der Waals surface area contributed by atoms with Gasteiger partial charge < -0.3 is 25.4 Å². The van der Waals surface area contributed by atoms with E-state index in [1.165, 1.54) is 4.90 Å². The molecular weight excluding hydrogens is 566 g/mol. The van der Waals surface area contributed by atoms with E-state index in [1.54, 1.807) is 58.0 Å². The number of ether oxygens (including phenoxy) is 1. The fourth-order valence-corrected chi connectivity index (χ4v) is 5.16. The number of aryl methyl sites for hydroxylation is 2. The molecule has 0 radical (unpaired) electrons. The first-order valence-electron chi connectivity index (χ1n) is 15.3. The first-order valence-corrected chi connectivity index (χ1v) is 15.7. The summed E-state index contributed by atoms with van der Waals surface area (Å²) in [6.07, 6.45) is 5.15. The molecule has 43 heavy (non-hydrogen) atoms. The molecule has 0 aliphatic rings. The second kappa shape index (κ2) is 16.6. The Labute approximate surface area is 262 Å². The van der Waals surface area contributed by atoms with Crippen LogP contribution in [0.3, 0.4) is 0 Å². The first-order chi connectivity index (χ1) is 20.2. The van der Waals surface area contributed by atoms with Crippen LogP contribution < -0.4 is 10.6 Å². The van der Waals surface area contributed by atoms with Crippen molar-refractivity contribution in [3.8, 4) is 5.75 Å². The number of phenols is 1. The largest absolute Gasteiger partial charge is 0.507 e. The highest BCUT2D eigenvalue weighted by Gasteiger charge is 2.38. The molecule has 2 aromatic rings. The molecule has 2 aromatic carbocycles. The SMILES string of the molecule is CCCCCCCCN(C(=O)C(NC(=O)OC(C)(C)C)C(C)C)C(C(=O)Nc1c(C)cccc1Cl)c1cccc(C)c1O. The maximum absolute atomic E-state index is 14.4. The lowest BCUT2D eigenvalue weighted by Crippen LogP contribution is -2.54. The molecule has 9 heteroatoms. The van der Waals surface area contributed by atoms with Crippen LogP contribution in [0.4, 0.5) is 10.5 Å². The van der Waals surface area contributed by atoms with Gasteiger partial charge in [0, 0.05) is 12.1 Å². The Morgan fingerprint density at radius 3 is 2.16 bits per heavy atom. The molecule has 8 nitrogen and oxygen atoms in total. The summed E-state index contributed by atoms with van der Waals surface area (Å²) in [5, 5.41) is 17.2. The lowest BCUT2D eigenvalue weighted by Gasteiger charge is -2.36. The van der Waals surface area contributed by atoms with E-state index in [0.29, 0.717) is 28.3 Å². The van der Waals surface area contributed by atoms with Crippen LogP contribution in [0.25, 0.3) is 0 Å². The number of carbonyl (C=O) groups is 3. The van der Waals surface area contributed by atoms with Crippen LogP contribution in [-0.4, -0.2) is 46.1 Å². The molecule has 3 N–H and O–H groups in total. The van der Waals surface area contributed by atoms with Crippen molar-refractivity contribution in [2.24, 2.45) is 5.92 Å². The molecule has 238 valence electrons. The van der Waals surface area contributed by atoms with Crippen molar-refractivity contribution in [1.82, 2.24) is 10.2 Å². The molecule has 0 saturated heterocycles. The van der Waals surface area contributed by atoms with Gasteiger partial charge in [-0.15, -0.1) is 0 Å². The van der Waals surface area contributed by atoms with Crippen LogP contribution in [0.2, 0.25) is 5.02 Å². The Morgan fingerprint density at radius 2 is 1.56 bits per heavy atom. The minimum Gasteiger partial charge on any atom is -0.507 e. The minimum absolute atomic E-state index is 0.0690. The summed E-state index contributed by atoms with van der Waals surface area (Å²) in [4.78, 5) is 42.9. The van der Waals surface area contributed by atoms with Crippen LogP contribution in [0, 0.1) is 19.8 Å². The number of nitrogens with one attached hydrogen (secondary N) is 2. The third-order valence-electron chi connectivity index (χ3n) is 7.23. The number of unbranched alkanes of at least 4 members (excludes halogenated alkanes) is 5. The average Bonchev–Trinajstić information content (AvgIpc) is 2.91. The molecule has 2 rings (SSSR count). The molecule has 0 aliphatic carbocycles. The Kier molecular flexibility index (Phi) is 13.8. The quantitative estimate of drug-likeness (QED) is 0.186. The van der Waals surface area contributed by atoms with E-state index in [2.05, 4.69) is 17.6 Å². The zero-order valence-electron chi connectivity index (χ0n) is 27.1. The fourth-order valence-electron chi connectivity index (χ4n) is 4.89. The van der Waals surface area contributed by atoms with Crippen molar-refractivity contribution in [3.05, 3.63) is 58.1 Å². The van der Waals surface area contributed by atoms with E-state index < -0.39 is 35.6 Å². The summed E-state index contributed by atoms with van der Waals surface area (Å²) in [5.74, 6) is -1.34. The van der Waals surface area contributed by atoms with Gasteiger partial charge in [-0.2, -0.15) is 0 Å². The Hall–Kier alpha value is -3.26. The molecule has 0 aromatic heterocycles. The molecule has 0 spiro atoms. The Morgan fingerprint density at radius 1 is 0.953 bits per heavy atom. The van der Waals surface area contributed by atoms with E-state index in [-0.39, 0.29) is 18.2 Å². The fraction of sp³-hybridized carbons (Fsp3) is 0.559. The number of phenolic OH excluding ortho intramolecular Hbond substituents is 1. The van der Waals surface area contributed by atoms with Crippen molar-refractivity contribution >= 4 is 35.2 Å². The first kappa shape index (κ1) is 35.9. The highest BCUT2D eigenvalue weighted by molar-refractivity contribution is 6.34. The standard InChI is InChI=1S/C34H50ClN3O5/c1-9-10-11-12-13-14-21-38(32(41)27(22(2)3)37-33(42)43-34(6,7)8)29(25-19-15-18-24(5)30(25)39)31(40)36-28-23(4)17-16-20-26(28)35/h15-20,22,27,29,39H,9-14,21H2,1-8H3,(H,36,40)(H,37,42). The number of aromatic hydroxyl groups is 1. The van der Waals surface area contributed by atoms with Crippen molar-refractivity contribution < 1.29 is 24.2 Å². The van der Waals surface area contributed by atoms with Gasteiger partial charge in [0.15, 0.2) is 0 Å². The van der Waals surface area contributed by atoms with Crippen molar-refractivity contribution in [1.29, 1.82) is 0 Å². The smallest absolute Gasteiger partial charge is 0.408 e. The van der Waals surface area contributed by atoms with E-state index in [1.807, 2.05) is 26.8 Å². The number of halogens is 1. The summed E-state index contributed by atoms with van der Waals surface area (Å²) in [5.41, 5.74) is 1.30. The molecular formula is C34H50ClN3O5. The van der Waals surface area contributed by atoms with Crippen molar-refractivity contribution in [2.75, 3.05) is 11.9 Å². The van der Waals surface area contributed by atoms with Crippen molar-refractivity contribution in [2.45, 2.75) is 112 Å². The third-order valence-corrected chi connectivity index (χ3v) is 7.55. The maximum Gasteiger partial charge on any atom is 0.408 e. The Bertz CT molecular complexity index is 1220. The molecule has 2 unspecified atom stereocenters. The second-order valence-electron chi connectivity index (χ2n) is 12.5. The van der Waals surface area contributed by atoms with Gasteiger partial charge in [0.2, 0.25) is 5.91 Å². The number of para-hydroxylation sites is 2. The molecule has 3 amide bonds. The average molecular weight is 616 g/mol. The molecule has 2 atom stereocenters. The summed E-state index contributed by atoms with van der Waals surface area (Å²) in [7, 11) is 0. The number of rotatable bonds is 14. The van der Waals surface area contributed by atoms with Crippen LogP contribution in [0.15, 0.2) is 36.4 Å². The number of alkyl carbamates (subject to hydrolysis) is 1. The van der Waals surface area contributed by atoms with Gasteiger partial charge in [0.05, 0.1) is 10.7 Å². The number of amides is 3. The highest BCUT2D eigenvalue weighted by Crippen LogP contribution is 2.35. The number of nitrogens with zero attached hydrogens (tertiary/aromatic N) is 1. The van der Waals surface area contributed by atoms with E-state index in [9.17, 15) is 19.5 Å². The third kappa shape index (κ3) is 10.8. The highest BCUT2D eigenvalue weighted by atomic mass is 35.5. The van der Waals surface area contributed by atoms with Gasteiger partial charge in [0.1, 0.15) is 23.4 Å². The van der Waals surface area contributed by atoms with Gasteiger partial charge in [-0.3, -0.25) is 9.59 Å². The van der Waals surface area contributed by atoms with Crippen LogP contribution >= 0.6 is 11.6 Å². The number of carbonyl (C=O) groups excluding carboxylic acids is 3. The molecule has 0 aliphatic heterocycles. The second-order valence-corrected chi connectivity index (χ2v) is 12.9. The summed E-state index contributed by atoms with van der Waals surface area (Å²) < 4.78 is 5.46. The topological polar surface area (TPSA) is 108 Å². The van der Waals surface area contributed by atoms with Crippen molar-refractivity contribution in [3.63, 3.8) is 0 Å². The van der Waals surface area contributed by atoms with Crippen LogP contribution in [0.1, 0.15) is 103 Å². The maximum atomic E-state index is 14.4. The summed E-state index contributed by atoms with van der Waals surface area (Å²) in [6, 6.07) is 8.28. The Balaban J connectivity index is 2.60. The lowest BCUT2D eigenvalue weighted by atomic mass is 9.96. The van der Waals surface area contributed by atoms with E-state index in [4.69, 9.17) is 16.3 Å². The van der Waals surface area contributed by atoms with E-state index in [0.717, 1.165) is 37.7 Å². The molecule has 0 bridgehead atoms. The predicted molar refractivity (Wildman–Crippen MR) is 173 cm³/mol.